The summed E-state index contributed by atoms with van der Waals surface area (Å²) in [6, 6.07) is 0. The van der Waals surface area contributed by atoms with Gasteiger partial charge in [0.05, 0.1) is 0 Å². The fourth-order valence-corrected chi connectivity index (χ4v) is 0.371. The zero-order valence-corrected chi connectivity index (χ0v) is 7.64. The molecule has 1 heteroatoms. The van der Waals surface area contributed by atoms with Crippen molar-refractivity contribution in [3.8, 4) is 0 Å². The molecular formula is C10H19N. The lowest BCUT2D eigenvalue weighted by molar-refractivity contribution is 1.09. The highest BCUT2D eigenvalue weighted by Gasteiger charge is 1.79. The molecule has 0 amide bonds. The van der Waals surface area contributed by atoms with Gasteiger partial charge in [-0.2, -0.15) is 0 Å². The zero-order chi connectivity index (χ0) is 9.11. The van der Waals surface area contributed by atoms with E-state index in [0.29, 0.717) is 6.54 Å². The van der Waals surface area contributed by atoms with Crippen molar-refractivity contribution >= 4 is 0 Å². The van der Waals surface area contributed by atoms with Gasteiger partial charge in [0.25, 0.3) is 0 Å². The molecule has 0 saturated heterocycles. The lowest BCUT2D eigenvalue weighted by Crippen LogP contribution is -1.99. The number of allylic oxidation sites excluding steroid dienone is 2. The Morgan fingerprint density at radius 1 is 1.36 bits per heavy atom. The van der Waals surface area contributed by atoms with E-state index >= 15 is 0 Å². The maximum absolute atomic E-state index is 5.28. The summed E-state index contributed by atoms with van der Waals surface area (Å²) in [5, 5.41) is 0. The predicted molar refractivity (Wildman–Crippen MR) is 53.5 cm³/mol. The number of nitrogens with two attached hydrogens (primary N) is 1. The van der Waals surface area contributed by atoms with Gasteiger partial charge in [-0.25, -0.2) is 0 Å². The summed E-state index contributed by atoms with van der Waals surface area (Å²) in [5.74, 6) is 0. The molecule has 0 atom stereocenters. The second-order valence-corrected chi connectivity index (χ2v) is 2.09. The van der Waals surface area contributed by atoms with E-state index in [1.807, 2.05) is 6.08 Å². The molecule has 0 rings (SSSR count). The van der Waals surface area contributed by atoms with E-state index in [0.717, 1.165) is 5.57 Å². The third kappa shape index (κ3) is 12.4. The minimum atomic E-state index is 0.537. The van der Waals surface area contributed by atoms with E-state index in [9.17, 15) is 0 Å². The first-order valence-corrected chi connectivity index (χ1v) is 3.90. The highest BCUT2D eigenvalue weighted by Crippen LogP contribution is 1.90. The number of rotatable bonds is 3. The second-order valence-electron chi connectivity index (χ2n) is 2.09. The summed E-state index contributed by atoms with van der Waals surface area (Å²) in [7, 11) is 0. The van der Waals surface area contributed by atoms with Crippen molar-refractivity contribution in [2.45, 2.75) is 20.3 Å². The number of hydrogen-bond acceptors (Lipinski definition) is 1. The topological polar surface area (TPSA) is 26.0 Å². The van der Waals surface area contributed by atoms with Crippen LogP contribution < -0.4 is 5.73 Å². The zero-order valence-electron chi connectivity index (χ0n) is 7.64. The minimum absolute atomic E-state index is 0.537. The molecule has 2 N–H and O–H groups in total. The monoisotopic (exact) mass is 153 g/mol. The smallest absolute Gasteiger partial charge is 0.0177 e. The Labute approximate surface area is 70.3 Å². The van der Waals surface area contributed by atoms with Crippen LogP contribution in [0.5, 0.6) is 0 Å². The van der Waals surface area contributed by atoms with Gasteiger partial charge < -0.3 is 5.73 Å². The molecule has 0 heterocycles. The molecule has 0 aliphatic rings. The molecule has 0 aromatic heterocycles. The molecule has 11 heavy (non-hydrogen) atoms. The van der Waals surface area contributed by atoms with Crippen LogP contribution in [-0.2, 0) is 0 Å². The highest BCUT2D eigenvalue weighted by molar-refractivity contribution is 5.21. The van der Waals surface area contributed by atoms with E-state index < -0.39 is 0 Å². The largest absolute Gasteiger partial charge is 0.326 e. The summed E-state index contributed by atoms with van der Waals surface area (Å²) < 4.78 is 0. The first-order valence-electron chi connectivity index (χ1n) is 3.90. The van der Waals surface area contributed by atoms with E-state index in [1.54, 1.807) is 12.2 Å². The van der Waals surface area contributed by atoms with Gasteiger partial charge in [0.2, 0.25) is 0 Å². The fourth-order valence-electron chi connectivity index (χ4n) is 0.371. The van der Waals surface area contributed by atoms with Gasteiger partial charge in [-0.3, -0.25) is 0 Å². The summed E-state index contributed by atoms with van der Waals surface area (Å²) in [5.41, 5.74) is 6.30. The van der Waals surface area contributed by atoms with Crippen LogP contribution in [0.4, 0.5) is 0 Å². The molecule has 0 bridgehead atoms. The van der Waals surface area contributed by atoms with Crippen molar-refractivity contribution in [1.29, 1.82) is 0 Å². The van der Waals surface area contributed by atoms with Crippen LogP contribution in [0, 0.1) is 0 Å². The summed E-state index contributed by atoms with van der Waals surface area (Å²) in [6.07, 6.45) is 6.51. The van der Waals surface area contributed by atoms with Gasteiger partial charge in [0, 0.05) is 6.54 Å². The molecule has 0 aliphatic heterocycles. The van der Waals surface area contributed by atoms with Crippen molar-refractivity contribution in [3.63, 3.8) is 0 Å². The van der Waals surface area contributed by atoms with Crippen molar-refractivity contribution in [2.75, 3.05) is 6.54 Å². The van der Waals surface area contributed by atoms with Crippen LogP contribution in [-0.4, -0.2) is 6.54 Å². The lowest BCUT2D eigenvalue weighted by Gasteiger charge is -1.89. The van der Waals surface area contributed by atoms with Gasteiger partial charge in [-0.1, -0.05) is 51.7 Å². The quantitative estimate of drug-likeness (QED) is 0.620. The SMILES string of the molecule is C=C/C=C(\C=C)CN.CCC. The van der Waals surface area contributed by atoms with Crippen LogP contribution in [0.1, 0.15) is 20.3 Å². The molecule has 0 spiro atoms. The number of hydrogen-bond donors (Lipinski definition) is 1. The van der Waals surface area contributed by atoms with Crippen molar-refractivity contribution < 1.29 is 0 Å². The van der Waals surface area contributed by atoms with Crippen molar-refractivity contribution in [2.24, 2.45) is 5.73 Å². The summed E-state index contributed by atoms with van der Waals surface area (Å²) in [6.45, 7) is 11.9. The maximum Gasteiger partial charge on any atom is 0.0177 e. The Bertz CT molecular complexity index is 123. The van der Waals surface area contributed by atoms with E-state index in [4.69, 9.17) is 5.73 Å². The lowest BCUT2D eigenvalue weighted by atomic mass is 10.2. The second kappa shape index (κ2) is 11.9. The predicted octanol–water partition coefficient (Wildman–Crippen LogP) is 2.66. The van der Waals surface area contributed by atoms with Crippen LogP contribution in [0.3, 0.4) is 0 Å². The Morgan fingerprint density at radius 3 is 1.91 bits per heavy atom. The van der Waals surface area contributed by atoms with Gasteiger partial charge >= 0.3 is 0 Å². The average Bonchev–Trinajstić information content (AvgIpc) is 2.02. The normalized spacial score (nSPS) is 9.55. The summed E-state index contributed by atoms with van der Waals surface area (Å²) >= 11 is 0. The van der Waals surface area contributed by atoms with E-state index in [-0.39, 0.29) is 0 Å². The Kier molecular flexibility index (Phi) is 13.9. The molecular weight excluding hydrogens is 134 g/mol. The van der Waals surface area contributed by atoms with Gasteiger partial charge in [-0.15, -0.1) is 0 Å². The average molecular weight is 153 g/mol. The maximum atomic E-state index is 5.28. The molecule has 0 aromatic carbocycles. The third-order valence-electron chi connectivity index (χ3n) is 0.830. The molecule has 64 valence electrons. The first-order chi connectivity index (χ1) is 5.26. The van der Waals surface area contributed by atoms with Gasteiger partial charge in [0.1, 0.15) is 0 Å². The van der Waals surface area contributed by atoms with Crippen LogP contribution in [0.2, 0.25) is 0 Å². The van der Waals surface area contributed by atoms with E-state index in [2.05, 4.69) is 27.0 Å². The first kappa shape index (κ1) is 12.8. The van der Waals surface area contributed by atoms with Gasteiger partial charge in [0.15, 0.2) is 0 Å². The molecule has 0 aliphatic carbocycles. The van der Waals surface area contributed by atoms with Crippen LogP contribution in [0.25, 0.3) is 0 Å². The van der Waals surface area contributed by atoms with Crippen molar-refractivity contribution in [1.82, 2.24) is 0 Å². The van der Waals surface area contributed by atoms with Crippen LogP contribution in [0.15, 0.2) is 37.0 Å². The Morgan fingerprint density at radius 2 is 1.82 bits per heavy atom. The molecule has 0 radical (unpaired) electrons. The summed E-state index contributed by atoms with van der Waals surface area (Å²) in [4.78, 5) is 0. The van der Waals surface area contributed by atoms with E-state index in [1.165, 1.54) is 6.42 Å². The Hall–Kier alpha value is -0.820. The van der Waals surface area contributed by atoms with Gasteiger partial charge in [-0.05, 0) is 5.57 Å². The molecule has 0 unspecified atom stereocenters. The molecule has 0 aromatic rings. The minimum Gasteiger partial charge on any atom is -0.326 e. The molecule has 0 fully saturated rings. The highest BCUT2D eigenvalue weighted by atomic mass is 14.5. The molecule has 1 nitrogen and oxygen atoms in total. The fraction of sp³-hybridized carbons (Fsp3) is 0.400. The molecule has 0 saturated carbocycles. The van der Waals surface area contributed by atoms with Crippen LogP contribution >= 0.6 is 0 Å². The Balaban J connectivity index is 0. The van der Waals surface area contributed by atoms with Crippen molar-refractivity contribution in [3.05, 3.63) is 37.0 Å². The third-order valence-corrected chi connectivity index (χ3v) is 0.830. The standard InChI is InChI=1S/C7H11N.C3H8/c1-3-5-7(4-2)6-8;1-3-2/h3-5H,1-2,6,8H2;3H2,1-2H3/b7-5+;.